The van der Waals surface area contributed by atoms with Gasteiger partial charge in [0.05, 0.1) is 26.5 Å². The number of fused-ring (bicyclic) bond motifs is 1. The number of carbonyl (C=O) groups excluding carboxylic acids is 1. The van der Waals surface area contributed by atoms with Crippen LogP contribution in [0.3, 0.4) is 0 Å². The fourth-order valence-corrected chi connectivity index (χ4v) is 5.12. The van der Waals surface area contributed by atoms with Gasteiger partial charge in [-0.15, -0.1) is 5.10 Å². The molecule has 0 N–H and O–H groups in total. The lowest BCUT2D eigenvalue weighted by Crippen LogP contribution is -2.67. The summed E-state index contributed by atoms with van der Waals surface area (Å²) in [5.41, 5.74) is 0.0839. The van der Waals surface area contributed by atoms with Crippen molar-refractivity contribution in [2.75, 3.05) is 26.9 Å². The predicted octanol–water partition coefficient (Wildman–Crippen LogP) is 2.76. The van der Waals surface area contributed by atoms with Crippen molar-refractivity contribution < 1.29 is 46.4 Å². The second-order valence-corrected chi connectivity index (χ2v) is 10.0. The van der Waals surface area contributed by atoms with Crippen LogP contribution in [0.5, 0.6) is 0 Å². The first-order chi connectivity index (χ1) is 17.5. The van der Waals surface area contributed by atoms with Crippen LogP contribution in [0.15, 0.2) is 18.3 Å². The molecule has 0 amide bonds. The molecular formula is C24H28F3N3O7. The molecule has 13 heteroatoms. The highest BCUT2D eigenvalue weighted by atomic mass is 19.2. The predicted molar refractivity (Wildman–Crippen MR) is 118 cm³/mol. The summed E-state index contributed by atoms with van der Waals surface area (Å²) < 4.78 is 78.2. The van der Waals surface area contributed by atoms with Crippen molar-refractivity contribution in [2.24, 2.45) is 5.92 Å². The van der Waals surface area contributed by atoms with Gasteiger partial charge in [0, 0.05) is 12.0 Å². The van der Waals surface area contributed by atoms with Crippen LogP contribution in [-0.2, 0) is 33.2 Å². The fourth-order valence-electron chi connectivity index (χ4n) is 5.12. The summed E-state index contributed by atoms with van der Waals surface area (Å²) in [6, 6.07) is 0.915. The van der Waals surface area contributed by atoms with Crippen molar-refractivity contribution >= 4 is 5.97 Å². The van der Waals surface area contributed by atoms with Crippen molar-refractivity contribution in [1.29, 1.82) is 0 Å². The zero-order valence-electron chi connectivity index (χ0n) is 20.8. The molecule has 3 saturated heterocycles. The number of hydrogen-bond acceptors (Lipinski definition) is 9. The largest absolute Gasteiger partial charge is 0.467 e. The Labute approximate surface area is 210 Å². The van der Waals surface area contributed by atoms with E-state index in [0.717, 1.165) is 12.1 Å². The Kier molecular flexibility index (Phi) is 6.77. The minimum atomic E-state index is -1.58. The van der Waals surface area contributed by atoms with E-state index in [1.165, 1.54) is 18.0 Å². The molecule has 4 heterocycles. The van der Waals surface area contributed by atoms with Crippen LogP contribution in [-0.4, -0.2) is 77.8 Å². The van der Waals surface area contributed by atoms with Crippen molar-refractivity contribution in [3.05, 3.63) is 35.8 Å². The number of aromatic nitrogens is 3. The topological polar surface area (TPSA) is 103 Å². The van der Waals surface area contributed by atoms with Gasteiger partial charge < -0.3 is 28.4 Å². The van der Waals surface area contributed by atoms with Gasteiger partial charge in [0.2, 0.25) is 0 Å². The monoisotopic (exact) mass is 527 g/mol. The van der Waals surface area contributed by atoms with Crippen LogP contribution < -0.4 is 0 Å². The zero-order chi connectivity index (χ0) is 26.5. The maximum Gasteiger partial charge on any atom is 0.331 e. The van der Waals surface area contributed by atoms with Gasteiger partial charge in [0.15, 0.2) is 29.0 Å². The van der Waals surface area contributed by atoms with Crippen molar-refractivity contribution in [2.45, 2.75) is 63.1 Å². The summed E-state index contributed by atoms with van der Waals surface area (Å²) in [6.45, 7) is 5.69. The molecular weight excluding hydrogens is 499 g/mol. The van der Waals surface area contributed by atoms with E-state index in [1.54, 1.807) is 13.8 Å². The van der Waals surface area contributed by atoms with Crippen molar-refractivity contribution in [3.8, 4) is 11.3 Å². The first kappa shape index (κ1) is 26.0. The van der Waals surface area contributed by atoms with Gasteiger partial charge in [-0.05, 0) is 31.9 Å². The second-order valence-electron chi connectivity index (χ2n) is 10.0. The molecule has 202 valence electrons. The van der Waals surface area contributed by atoms with E-state index in [0.29, 0.717) is 13.0 Å². The lowest BCUT2D eigenvalue weighted by molar-refractivity contribution is -0.403. The quantitative estimate of drug-likeness (QED) is 0.429. The highest BCUT2D eigenvalue weighted by Crippen LogP contribution is 2.49. The molecule has 37 heavy (non-hydrogen) atoms. The van der Waals surface area contributed by atoms with Gasteiger partial charge in [-0.2, -0.15) is 0 Å². The molecule has 0 radical (unpaired) electrons. The zero-order valence-corrected chi connectivity index (χ0v) is 20.8. The van der Waals surface area contributed by atoms with Crippen LogP contribution in [0.25, 0.3) is 11.3 Å². The molecule has 0 bridgehead atoms. The molecule has 0 aliphatic carbocycles. The van der Waals surface area contributed by atoms with Crippen LogP contribution in [0.4, 0.5) is 13.2 Å². The summed E-state index contributed by atoms with van der Waals surface area (Å²) in [4.78, 5) is 12.0. The summed E-state index contributed by atoms with van der Waals surface area (Å²) in [6.07, 6.45) is -0.283. The van der Waals surface area contributed by atoms with Crippen molar-refractivity contribution in [1.82, 2.24) is 15.0 Å². The molecule has 6 atom stereocenters. The molecule has 3 aliphatic rings. The first-order valence-electron chi connectivity index (χ1n) is 11.9. The molecule has 5 rings (SSSR count). The standard InChI is InChI=1S/C24H28F3N3O7/c1-12-7-24(35-9-12)22(33-11-18(31)32-4)20(21-17(36-24)10-34-23(2,3)37-21)30-8-16(28-29-30)13-5-14(25)19(27)15(26)6-13/h5-6,8,12,17,20-22H,7,9-11H2,1-4H3/t12?,17-,20+,21+,22-,24+/m1/s1. The van der Waals surface area contributed by atoms with E-state index in [-0.39, 0.29) is 23.8 Å². The molecule has 2 aromatic rings. The average Bonchev–Trinajstić information content (AvgIpc) is 3.48. The van der Waals surface area contributed by atoms with Gasteiger partial charge >= 0.3 is 5.97 Å². The SMILES string of the molecule is COC(=O)CO[C@@H]1[C@@H](n2cc(-c3cc(F)c(F)c(F)c3)nn2)[C@H]2OC(C)(C)OC[C@H]2O[C@@]12CC(C)CO2. The number of carbonyl (C=O) groups is 1. The molecule has 1 unspecified atom stereocenters. The van der Waals surface area contributed by atoms with E-state index in [1.807, 2.05) is 6.92 Å². The van der Waals surface area contributed by atoms with Crippen molar-refractivity contribution in [3.63, 3.8) is 0 Å². The molecule has 3 fully saturated rings. The van der Waals surface area contributed by atoms with E-state index in [4.69, 9.17) is 28.4 Å². The number of nitrogens with zero attached hydrogens (tertiary/aromatic N) is 3. The molecule has 1 spiro atoms. The van der Waals surface area contributed by atoms with Gasteiger partial charge in [-0.25, -0.2) is 22.6 Å². The maximum atomic E-state index is 13.9. The third kappa shape index (κ3) is 4.86. The summed E-state index contributed by atoms with van der Waals surface area (Å²) >= 11 is 0. The Morgan fingerprint density at radius 3 is 2.54 bits per heavy atom. The third-order valence-corrected chi connectivity index (χ3v) is 6.76. The maximum absolute atomic E-state index is 13.9. The van der Waals surface area contributed by atoms with E-state index >= 15 is 0 Å². The smallest absolute Gasteiger partial charge is 0.331 e. The van der Waals surface area contributed by atoms with Gasteiger partial charge in [0.25, 0.3) is 0 Å². The number of methoxy groups -OCH3 is 1. The van der Waals surface area contributed by atoms with Crippen LogP contribution >= 0.6 is 0 Å². The first-order valence-corrected chi connectivity index (χ1v) is 11.9. The Morgan fingerprint density at radius 2 is 1.89 bits per heavy atom. The van der Waals surface area contributed by atoms with Gasteiger partial charge in [-0.3, -0.25) is 0 Å². The number of rotatable bonds is 5. The highest BCUT2D eigenvalue weighted by molar-refractivity contribution is 5.70. The van der Waals surface area contributed by atoms with Gasteiger partial charge in [0.1, 0.15) is 36.7 Å². The lowest BCUT2D eigenvalue weighted by atomic mass is 9.86. The van der Waals surface area contributed by atoms with E-state index < -0.39 is 66.0 Å². The second kappa shape index (κ2) is 9.62. The minimum absolute atomic E-state index is 0.00744. The normalized spacial score (nSPS) is 32.9. The molecule has 10 nitrogen and oxygen atoms in total. The van der Waals surface area contributed by atoms with Crippen LogP contribution in [0, 0.1) is 23.4 Å². The van der Waals surface area contributed by atoms with E-state index in [9.17, 15) is 18.0 Å². The Morgan fingerprint density at radius 1 is 1.16 bits per heavy atom. The Balaban J connectivity index is 1.58. The molecule has 0 saturated carbocycles. The molecule has 3 aliphatic heterocycles. The number of esters is 1. The van der Waals surface area contributed by atoms with E-state index in [2.05, 4.69) is 10.3 Å². The highest BCUT2D eigenvalue weighted by Gasteiger charge is 2.62. The van der Waals surface area contributed by atoms with Crippen LogP contribution in [0.2, 0.25) is 0 Å². The summed E-state index contributed by atoms with van der Waals surface area (Å²) in [7, 11) is 1.25. The summed E-state index contributed by atoms with van der Waals surface area (Å²) in [5, 5.41) is 8.27. The number of ether oxygens (including phenoxy) is 6. The number of benzene rings is 1. The fraction of sp³-hybridized carbons (Fsp3) is 0.625. The van der Waals surface area contributed by atoms with Crippen LogP contribution in [0.1, 0.15) is 33.2 Å². The molecule has 1 aromatic carbocycles. The number of halogens is 3. The Hall–Kier alpha value is -2.58. The number of hydrogen-bond donors (Lipinski definition) is 0. The summed E-state index contributed by atoms with van der Waals surface area (Å²) in [5.74, 6) is -6.99. The third-order valence-electron chi connectivity index (χ3n) is 6.76. The minimum Gasteiger partial charge on any atom is -0.467 e. The Bertz CT molecular complexity index is 1160. The average molecular weight is 527 g/mol. The lowest BCUT2D eigenvalue weighted by Gasteiger charge is -2.54. The van der Waals surface area contributed by atoms with Gasteiger partial charge in [-0.1, -0.05) is 12.1 Å². The molecule has 1 aromatic heterocycles.